The van der Waals surface area contributed by atoms with Crippen molar-refractivity contribution < 1.29 is 8.83 Å². The van der Waals surface area contributed by atoms with Gasteiger partial charge in [0.15, 0.2) is 11.2 Å². The first-order valence-corrected chi connectivity index (χ1v) is 33.2. The number of rotatable bonds is 14. The summed E-state index contributed by atoms with van der Waals surface area (Å²) in [5.41, 5.74) is 25.6. The fourth-order valence-electron chi connectivity index (χ4n) is 15.4. The average Bonchev–Trinajstić information content (AvgIpc) is 1.54. The van der Waals surface area contributed by atoms with Gasteiger partial charge in [-0.3, -0.25) is 0 Å². The summed E-state index contributed by atoms with van der Waals surface area (Å²) in [6.45, 7) is 18.2. The highest BCUT2D eigenvalue weighted by Crippen LogP contribution is 2.61. The Kier molecular flexibility index (Phi) is 14.2. The molecule has 15 aromatic rings. The minimum atomic E-state index is -0.823. The second-order valence-electron chi connectivity index (χ2n) is 26.6. The Morgan fingerprint density at radius 3 is 1.16 bits per heavy atom. The van der Waals surface area contributed by atoms with E-state index in [1.54, 1.807) is 0 Å². The van der Waals surface area contributed by atoms with Gasteiger partial charge in [0.25, 0.3) is 0 Å². The molecule has 0 amide bonds. The maximum atomic E-state index is 7.48. The maximum absolute atomic E-state index is 7.48. The van der Waals surface area contributed by atoms with Gasteiger partial charge in [-0.05, 0) is 150 Å². The van der Waals surface area contributed by atoms with E-state index in [1.807, 2.05) is 0 Å². The zero-order valence-electron chi connectivity index (χ0n) is 54.1. The van der Waals surface area contributed by atoms with Crippen LogP contribution in [0.5, 0.6) is 0 Å². The SMILES string of the molecule is CC(C)c1ccc(N(c2ccc3c(c2)C(c2ccccc2)(c2ccccc2)c2cc(N(c4ccc(C(C)C)cc4)c4cccc5c4oc4c(-c6ccccc6C(C)C)cccc45)c4ccccc4c2-3)c2cccc3c2oc2c(-c4ccccc4C(C)C)cccc23)cc1. The molecule has 13 aromatic carbocycles. The maximum Gasteiger partial charge on any atom is 0.159 e. The van der Waals surface area contributed by atoms with E-state index in [1.165, 1.54) is 72.1 Å². The number of hydrogen-bond acceptors (Lipinski definition) is 4. The number of hydrogen-bond donors (Lipinski definition) is 0. The molecule has 0 fully saturated rings. The summed E-state index contributed by atoms with van der Waals surface area (Å²) in [5.74, 6) is 1.38. The van der Waals surface area contributed by atoms with E-state index in [0.717, 1.165) is 94.5 Å². The van der Waals surface area contributed by atoms with Gasteiger partial charge in [0, 0.05) is 55.1 Å². The molecule has 452 valence electrons. The molecule has 1 aliphatic carbocycles. The lowest BCUT2D eigenvalue weighted by atomic mass is 9.67. The van der Waals surface area contributed by atoms with Crippen LogP contribution in [0.2, 0.25) is 0 Å². The Bertz CT molecular complexity index is 5300. The van der Waals surface area contributed by atoms with Crippen molar-refractivity contribution in [1.82, 2.24) is 0 Å². The standard InChI is InChI=1S/C89H74N2O2/c1-55(2)59-43-47-63(48-44-59)90(81-41-23-39-76-74-37-21-35-72(85(74)92-87(76)81)68-31-17-15-29-66(68)57(5)6)65-51-52-78-79(53-65)89(61-25-11-9-12-26-61,62-27-13-10-14-28-62)80-54-83(70-33-19-20-34-71(70)84(78)80)91(64-49-45-60(46-50-64)56(3)4)82-42-24-40-77-75-38-22-36-73(86(75)93-88(77)82)69-32-18-16-30-67(69)58(7)8/h9-58H,1-8H3. The molecule has 16 rings (SSSR count). The van der Waals surface area contributed by atoms with Crippen LogP contribution in [0.3, 0.4) is 0 Å². The van der Waals surface area contributed by atoms with Gasteiger partial charge in [-0.25, -0.2) is 0 Å². The van der Waals surface area contributed by atoms with Gasteiger partial charge in [0.2, 0.25) is 0 Å². The summed E-state index contributed by atoms with van der Waals surface area (Å²) >= 11 is 0. The molecule has 2 aromatic heterocycles. The van der Waals surface area contributed by atoms with Crippen LogP contribution < -0.4 is 9.80 Å². The smallest absolute Gasteiger partial charge is 0.159 e. The summed E-state index contributed by atoms with van der Waals surface area (Å²) in [5, 5.41) is 6.63. The van der Waals surface area contributed by atoms with Crippen molar-refractivity contribution in [2.45, 2.75) is 84.5 Å². The van der Waals surface area contributed by atoms with Gasteiger partial charge in [-0.15, -0.1) is 0 Å². The molecule has 0 bridgehead atoms. The van der Waals surface area contributed by atoms with Crippen LogP contribution in [-0.4, -0.2) is 0 Å². The molecule has 0 aliphatic heterocycles. The minimum Gasteiger partial charge on any atom is -0.453 e. The highest BCUT2D eigenvalue weighted by Gasteiger charge is 2.48. The van der Waals surface area contributed by atoms with Crippen molar-refractivity contribution in [2.24, 2.45) is 0 Å². The third kappa shape index (κ3) is 9.24. The predicted molar refractivity (Wildman–Crippen MR) is 392 cm³/mol. The fourth-order valence-corrected chi connectivity index (χ4v) is 15.4. The van der Waals surface area contributed by atoms with E-state index >= 15 is 0 Å². The number of furan rings is 2. The lowest BCUT2D eigenvalue weighted by molar-refractivity contribution is 0.669. The Morgan fingerprint density at radius 1 is 0.269 bits per heavy atom. The summed E-state index contributed by atoms with van der Waals surface area (Å²) in [6.07, 6.45) is 0. The first-order valence-electron chi connectivity index (χ1n) is 33.2. The van der Waals surface area contributed by atoms with E-state index in [0.29, 0.717) is 23.7 Å². The molecule has 0 unspecified atom stereocenters. The lowest BCUT2D eigenvalue weighted by Gasteiger charge is -2.36. The zero-order valence-corrected chi connectivity index (χ0v) is 54.1. The van der Waals surface area contributed by atoms with Gasteiger partial charge < -0.3 is 18.6 Å². The summed E-state index contributed by atoms with van der Waals surface area (Å²) < 4.78 is 14.9. The van der Waals surface area contributed by atoms with E-state index in [2.05, 4.69) is 344 Å². The van der Waals surface area contributed by atoms with Crippen molar-refractivity contribution in [3.8, 4) is 33.4 Å². The third-order valence-corrected chi connectivity index (χ3v) is 19.9. The second kappa shape index (κ2) is 22.9. The number of fused-ring (bicyclic) bond motifs is 11. The quantitative estimate of drug-likeness (QED) is 0.109. The molecule has 2 heterocycles. The number of nitrogens with zero attached hydrogens (tertiary/aromatic N) is 2. The van der Waals surface area contributed by atoms with E-state index in [9.17, 15) is 0 Å². The van der Waals surface area contributed by atoms with Crippen molar-refractivity contribution in [3.63, 3.8) is 0 Å². The molecule has 1 aliphatic rings. The van der Waals surface area contributed by atoms with Crippen LogP contribution in [0.1, 0.15) is 124 Å². The van der Waals surface area contributed by atoms with Crippen LogP contribution >= 0.6 is 0 Å². The van der Waals surface area contributed by atoms with Crippen LogP contribution in [0.25, 0.3) is 88.0 Å². The Hall–Kier alpha value is -10.7. The normalized spacial score (nSPS) is 12.8. The van der Waals surface area contributed by atoms with Gasteiger partial charge in [0.05, 0.1) is 22.5 Å². The second-order valence-corrected chi connectivity index (χ2v) is 26.6. The summed E-state index contributed by atoms with van der Waals surface area (Å²) in [6, 6.07) is 104. The molecule has 0 spiro atoms. The van der Waals surface area contributed by atoms with E-state index in [4.69, 9.17) is 8.83 Å². The highest BCUT2D eigenvalue weighted by molar-refractivity contribution is 6.17. The Morgan fingerprint density at radius 2 is 0.667 bits per heavy atom. The summed E-state index contributed by atoms with van der Waals surface area (Å²) in [7, 11) is 0. The monoisotopic (exact) mass is 1200 g/mol. The molecule has 93 heavy (non-hydrogen) atoms. The van der Waals surface area contributed by atoms with Gasteiger partial charge >= 0.3 is 0 Å². The van der Waals surface area contributed by atoms with Gasteiger partial charge in [-0.1, -0.05) is 280 Å². The molecular formula is C89H74N2O2. The molecule has 0 saturated carbocycles. The molecule has 0 radical (unpaired) electrons. The van der Waals surface area contributed by atoms with Crippen molar-refractivity contribution >= 4 is 88.8 Å². The van der Waals surface area contributed by atoms with Crippen molar-refractivity contribution in [1.29, 1.82) is 0 Å². The van der Waals surface area contributed by atoms with Crippen LogP contribution in [0, 0.1) is 0 Å². The fraction of sp³-hybridized carbons (Fsp3) is 0.146. The first-order chi connectivity index (χ1) is 45.5. The molecular weight excluding hydrogens is 1130 g/mol. The molecule has 4 heteroatoms. The van der Waals surface area contributed by atoms with Gasteiger partial charge in [-0.2, -0.15) is 0 Å². The molecule has 0 N–H and O–H groups in total. The molecule has 0 atom stereocenters. The van der Waals surface area contributed by atoms with Crippen LogP contribution in [0.4, 0.5) is 34.1 Å². The number of para-hydroxylation sites is 4. The highest BCUT2D eigenvalue weighted by atomic mass is 16.3. The third-order valence-electron chi connectivity index (χ3n) is 19.9. The van der Waals surface area contributed by atoms with E-state index in [-0.39, 0.29) is 0 Å². The van der Waals surface area contributed by atoms with Crippen LogP contribution in [0.15, 0.2) is 288 Å². The summed E-state index contributed by atoms with van der Waals surface area (Å²) in [4.78, 5) is 4.92. The van der Waals surface area contributed by atoms with E-state index < -0.39 is 5.41 Å². The minimum absolute atomic E-state index is 0.330. The topological polar surface area (TPSA) is 32.8 Å². The van der Waals surface area contributed by atoms with Crippen LogP contribution in [-0.2, 0) is 5.41 Å². The van der Waals surface area contributed by atoms with Crippen molar-refractivity contribution in [2.75, 3.05) is 9.80 Å². The van der Waals surface area contributed by atoms with Gasteiger partial charge in [0.1, 0.15) is 11.2 Å². The molecule has 0 saturated heterocycles. The first kappa shape index (κ1) is 57.5. The largest absolute Gasteiger partial charge is 0.453 e. The van der Waals surface area contributed by atoms with Crippen molar-refractivity contribution in [3.05, 3.63) is 324 Å². The number of benzene rings is 13. The zero-order chi connectivity index (χ0) is 63.2. The lowest BCUT2D eigenvalue weighted by Crippen LogP contribution is -2.29. The number of anilines is 6. The average molecular weight is 1200 g/mol. The predicted octanol–water partition coefficient (Wildman–Crippen LogP) is 25.8. The Labute approximate surface area is 545 Å². The molecule has 4 nitrogen and oxygen atoms in total. The Balaban J connectivity index is 0.971.